The predicted molar refractivity (Wildman–Crippen MR) is 40.3 cm³/mol. The minimum absolute atomic E-state index is 0.160. The van der Waals surface area contributed by atoms with Crippen LogP contribution in [0.15, 0.2) is 23.2 Å². The molecule has 56 valence electrons. The predicted octanol–water partition coefficient (Wildman–Crippen LogP) is -1.31. The Balaban J connectivity index is 2.88. The quantitative estimate of drug-likeness (QED) is 0.335. The summed E-state index contributed by atoms with van der Waals surface area (Å²) < 4.78 is 0. The van der Waals surface area contributed by atoms with Crippen molar-refractivity contribution in [2.75, 3.05) is 0 Å². The van der Waals surface area contributed by atoms with Gasteiger partial charge in [0.2, 0.25) is 0 Å². The molecule has 4 nitrogen and oxygen atoms in total. The van der Waals surface area contributed by atoms with Crippen molar-refractivity contribution in [2.24, 2.45) is 22.9 Å². The van der Waals surface area contributed by atoms with Gasteiger partial charge in [0, 0.05) is 23.9 Å². The number of allylic oxidation sites excluding steroid dienone is 1. The van der Waals surface area contributed by atoms with Crippen molar-refractivity contribution in [3.63, 3.8) is 0 Å². The summed E-state index contributed by atoms with van der Waals surface area (Å²) in [4.78, 5) is 0. The molecule has 0 aromatic heterocycles. The SMILES string of the molecule is NC1=CC(N)=C(N)CC1N. The minimum Gasteiger partial charge on any atom is -0.401 e. The van der Waals surface area contributed by atoms with Crippen LogP contribution in [0.1, 0.15) is 6.42 Å². The molecule has 0 heterocycles. The molecule has 0 radical (unpaired) electrons. The van der Waals surface area contributed by atoms with Gasteiger partial charge in [-0.2, -0.15) is 0 Å². The molecule has 0 fully saturated rings. The third kappa shape index (κ3) is 1.06. The average molecular weight is 140 g/mol. The van der Waals surface area contributed by atoms with Crippen molar-refractivity contribution in [2.45, 2.75) is 12.5 Å². The average Bonchev–Trinajstić information content (AvgIpc) is 1.84. The van der Waals surface area contributed by atoms with Crippen LogP contribution in [0.4, 0.5) is 0 Å². The number of rotatable bonds is 0. The molecule has 8 N–H and O–H groups in total. The Morgan fingerprint density at radius 2 is 1.90 bits per heavy atom. The maximum Gasteiger partial charge on any atom is 0.0523 e. The molecule has 0 saturated heterocycles. The van der Waals surface area contributed by atoms with Crippen molar-refractivity contribution in [1.82, 2.24) is 0 Å². The van der Waals surface area contributed by atoms with E-state index in [-0.39, 0.29) is 6.04 Å². The lowest BCUT2D eigenvalue weighted by atomic mass is 10.0. The zero-order chi connectivity index (χ0) is 7.72. The Hall–Kier alpha value is -1.16. The fourth-order valence-electron chi connectivity index (χ4n) is 0.852. The first-order valence-electron chi connectivity index (χ1n) is 3.08. The van der Waals surface area contributed by atoms with Crippen molar-refractivity contribution >= 4 is 0 Å². The summed E-state index contributed by atoms with van der Waals surface area (Å²) in [6.07, 6.45) is 2.18. The van der Waals surface area contributed by atoms with E-state index in [0.717, 1.165) is 0 Å². The third-order valence-electron chi connectivity index (χ3n) is 1.56. The van der Waals surface area contributed by atoms with Crippen LogP contribution in [0, 0.1) is 0 Å². The molecule has 0 saturated carbocycles. The summed E-state index contributed by atoms with van der Waals surface area (Å²) in [7, 11) is 0. The van der Waals surface area contributed by atoms with E-state index in [9.17, 15) is 0 Å². The van der Waals surface area contributed by atoms with Gasteiger partial charge in [0.05, 0.1) is 5.70 Å². The number of hydrogen-bond acceptors (Lipinski definition) is 4. The fourth-order valence-corrected chi connectivity index (χ4v) is 0.852. The van der Waals surface area contributed by atoms with Crippen LogP contribution in [-0.4, -0.2) is 6.04 Å². The van der Waals surface area contributed by atoms with Gasteiger partial charge in [-0.05, 0) is 6.08 Å². The number of hydrogen-bond donors (Lipinski definition) is 4. The zero-order valence-corrected chi connectivity index (χ0v) is 5.67. The Bertz CT molecular complexity index is 204. The lowest BCUT2D eigenvalue weighted by Crippen LogP contribution is -2.33. The second-order valence-electron chi connectivity index (χ2n) is 2.44. The minimum atomic E-state index is -0.160. The van der Waals surface area contributed by atoms with E-state index in [1.807, 2.05) is 0 Å². The molecule has 10 heavy (non-hydrogen) atoms. The molecule has 1 atom stereocenters. The first-order valence-corrected chi connectivity index (χ1v) is 3.08. The highest BCUT2D eigenvalue weighted by Crippen LogP contribution is 2.12. The Kier molecular flexibility index (Phi) is 1.55. The highest BCUT2D eigenvalue weighted by molar-refractivity contribution is 5.31. The first-order chi connectivity index (χ1) is 4.61. The van der Waals surface area contributed by atoms with Crippen LogP contribution < -0.4 is 22.9 Å². The molecule has 0 aromatic rings. The van der Waals surface area contributed by atoms with Crippen LogP contribution in [0.2, 0.25) is 0 Å². The van der Waals surface area contributed by atoms with E-state index < -0.39 is 0 Å². The third-order valence-corrected chi connectivity index (χ3v) is 1.56. The second kappa shape index (κ2) is 2.22. The molecule has 1 aliphatic carbocycles. The van der Waals surface area contributed by atoms with Crippen molar-refractivity contribution < 1.29 is 0 Å². The van der Waals surface area contributed by atoms with Gasteiger partial charge in [-0.15, -0.1) is 0 Å². The van der Waals surface area contributed by atoms with E-state index in [1.54, 1.807) is 6.08 Å². The van der Waals surface area contributed by atoms with Gasteiger partial charge in [0.1, 0.15) is 0 Å². The summed E-state index contributed by atoms with van der Waals surface area (Å²) >= 11 is 0. The van der Waals surface area contributed by atoms with Gasteiger partial charge in [0.25, 0.3) is 0 Å². The first kappa shape index (κ1) is 6.95. The van der Waals surface area contributed by atoms with E-state index in [2.05, 4.69) is 0 Å². The summed E-state index contributed by atoms with van der Waals surface area (Å²) in [5, 5.41) is 0. The van der Waals surface area contributed by atoms with Gasteiger partial charge in [-0.3, -0.25) is 0 Å². The van der Waals surface area contributed by atoms with Crippen molar-refractivity contribution in [1.29, 1.82) is 0 Å². The Morgan fingerprint density at radius 3 is 2.40 bits per heavy atom. The lowest BCUT2D eigenvalue weighted by molar-refractivity contribution is 0.719. The van der Waals surface area contributed by atoms with Crippen LogP contribution in [0.25, 0.3) is 0 Å². The molecule has 1 aliphatic rings. The Labute approximate surface area is 59.5 Å². The maximum atomic E-state index is 5.57. The van der Waals surface area contributed by atoms with Crippen LogP contribution in [-0.2, 0) is 0 Å². The molecular formula is C6H12N4. The molecule has 0 spiro atoms. The summed E-state index contributed by atoms with van der Waals surface area (Å²) in [5.41, 5.74) is 23.8. The lowest BCUT2D eigenvalue weighted by Gasteiger charge is -2.18. The smallest absolute Gasteiger partial charge is 0.0523 e. The van der Waals surface area contributed by atoms with E-state index in [0.29, 0.717) is 23.5 Å². The number of nitrogens with two attached hydrogens (primary N) is 4. The van der Waals surface area contributed by atoms with Crippen LogP contribution in [0.3, 0.4) is 0 Å². The Morgan fingerprint density at radius 1 is 1.30 bits per heavy atom. The van der Waals surface area contributed by atoms with Gasteiger partial charge in [0.15, 0.2) is 0 Å². The van der Waals surface area contributed by atoms with Gasteiger partial charge < -0.3 is 22.9 Å². The fraction of sp³-hybridized carbons (Fsp3) is 0.333. The van der Waals surface area contributed by atoms with E-state index in [1.165, 1.54) is 0 Å². The molecule has 1 rings (SSSR count). The maximum absolute atomic E-state index is 5.57. The molecule has 0 amide bonds. The summed E-state index contributed by atoms with van der Waals surface area (Å²) in [6, 6.07) is -0.160. The van der Waals surface area contributed by atoms with Crippen molar-refractivity contribution in [3.05, 3.63) is 23.2 Å². The van der Waals surface area contributed by atoms with Gasteiger partial charge >= 0.3 is 0 Å². The topological polar surface area (TPSA) is 104 Å². The zero-order valence-electron chi connectivity index (χ0n) is 5.67. The second-order valence-corrected chi connectivity index (χ2v) is 2.44. The van der Waals surface area contributed by atoms with Gasteiger partial charge in [-0.25, -0.2) is 0 Å². The molecule has 1 unspecified atom stereocenters. The van der Waals surface area contributed by atoms with E-state index >= 15 is 0 Å². The molecule has 0 bridgehead atoms. The van der Waals surface area contributed by atoms with E-state index in [4.69, 9.17) is 22.9 Å². The summed E-state index contributed by atoms with van der Waals surface area (Å²) in [5.74, 6) is 0. The molecular weight excluding hydrogens is 128 g/mol. The molecule has 0 aliphatic heterocycles. The highest BCUT2D eigenvalue weighted by Gasteiger charge is 2.13. The normalized spacial score (nSPS) is 26.5. The molecule has 0 aromatic carbocycles. The standard InChI is InChI=1S/C6H12N4/c7-3-1-4(8)6(10)2-5(3)9/h1,5H,2,7-10H2. The highest BCUT2D eigenvalue weighted by atomic mass is 14.8. The largest absolute Gasteiger partial charge is 0.401 e. The van der Waals surface area contributed by atoms with Gasteiger partial charge in [-0.1, -0.05) is 0 Å². The van der Waals surface area contributed by atoms with Crippen molar-refractivity contribution in [3.8, 4) is 0 Å². The van der Waals surface area contributed by atoms with Crippen LogP contribution >= 0.6 is 0 Å². The monoisotopic (exact) mass is 140 g/mol. The summed E-state index contributed by atoms with van der Waals surface area (Å²) in [6.45, 7) is 0. The molecule has 4 heteroatoms. The van der Waals surface area contributed by atoms with Crippen LogP contribution in [0.5, 0.6) is 0 Å².